The lowest BCUT2D eigenvalue weighted by molar-refractivity contribution is -0.160. The van der Waals surface area contributed by atoms with E-state index in [1.807, 2.05) is 13.0 Å². The van der Waals surface area contributed by atoms with Crippen molar-refractivity contribution in [3.8, 4) is 6.07 Å². The molecule has 0 spiro atoms. The standard InChI is InChI=1S/C22H28N2O4/c1-4-7-13-21(11-5-2,12-6-3)24-22(19(25)26,20(27)28)15-17-9-8-10-18(14-17)16-23/h5-6,8-10,14,24H,2-4,7,11-13,15H2,1H3,(H,25,26)(H,27,28). The molecule has 1 rings (SSSR count). The van der Waals surface area contributed by atoms with Crippen LogP contribution in [0.2, 0.25) is 0 Å². The number of carboxylic acids is 2. The molecule has 0 aliphatic heterocycles. The summed E-state index contributed by atoms with van der Waals surface area (Å²) in [7, 11) is 0. The van der Waals surface area contributed by atoms with Crippen LogP contribution in [0, 0.1) is 11.3 Å². The molecule has 0 amide bonds. The maximum atomic E-state index is 12.2. The fourth-order valence-corrected chi connectivity index (χ4v) is 3.42. The summed E-state index contributed by atoms with van der Waals surface area (Å²) >= 11 is 0. The Balaban J connectivity index is 3.46. The van der Waals surface area contributed by atoms with E-state index in [1.54, 1.807) is 30.4 Å². The third-order valence-corrected chi connectivity index (χ3v) is 4.81. The number of nitrogens with one attached hydrogen (secondary N) is 1. The van der Waals surface area contributed by atoms with Gasteiger partial charge in [-0.25, -0.2) is 9.59 Å². The number of carbonyl (C=O) groups is 2. The van der Waals surface area contributed by atoms with Crippen LogP contribution in [0.3, 0.4) is 0 Å². The monoisotopic (exact) mass is 384 g/mol. The number of nitriles is 1. The third kappa shape index (κ3) is 5.54. The molecule has 0 radical (unpaired) electrons. The molecule has 1 aromatic rings. The van der Waals surface area contributed by atoms with Crippen LogP contribution in [0.1, 0.15) is 50.2 Å². The van der Waals surface area contributed by atoms with Crippen LogP contribution < -0.4 is 5.32 Å². The summed E-state index contributed by atoms with van der Waals surface area (Å²) in [6.07, 6.45) is 6.10. The molecule has 1 aromatic carbocycles. The van der Waals surface area contributed by atoms with Crippen molar-refractivity contribution < 1.29 is 19.8 Å². The predicted molar refractivity (Wildman–Crippen MR) is 108 cm³/mol. The number of aliphatic carboxylic acids is 2. The SMILES string of the molecule is C=CCC(CC=C)(CCCC)NC(Cc1cccc(C#N)c1)(C(=O)O)C(=O)O. The van der Waals surface area contributed by atoms with Gasteiger partial charge in [0.1, 0.15) is 0 Å². The zero-order valence-electron chi connectivity index (χ0n) is 16.3. The number of benzene rings is 1. The summed E-state index contributed by atoms with van der Waals surface area (Å²) in [5, 5.41) is 32.0. The van der Waals surface area contributed by atoms with E-state index in [0.717, 1.165) is 12.8 Å². The highest BCUT2D eigenvalue weighted by atomic mass is 16.4. The molecule has 0 bridgehead atoms. The summed E-state index contributed by atoms with van der Waals surface area (Å²) in [5.74, 6) is -2.95. The Kier molecular flexibility index (Phi) is 8.62. The second kappa shape index (κ2) is 10.4. The van der Waals surface area contributed by atoms with E-state index in [-0.39, 0.29) is 6.42 Å². The molecule has 0 unspecified atom stereocenters. The first-order chi connectivity index (χ1) is 13.3. The van der Waals surface area contributed by atoms with E-state index in [0.29, 0.717) is 30.4 Å². The highest BCUT2D eigenvalue weighted by molar-refractivity contribution is 6.03. The highest BCUT2D eigenvalue weighted by Gasteiger charge is 2.51. The van der Waals surface area contributed by atoms with Gasteiger partial charge in [0.15, 0.2) is 0 Å². The van der Waals surface area contributed by atoms with Crippen LogP contribution in [0.5, 0.6) is 0 Å². The van der Waals surface area contributed by atoms with Gasteiger partial charge >= 0.3 is 11.9 Å². The first-order valence-corrected chi connectivity index (χ1v) is 9.26. The van der Waals surface area contributed by atoms with Crippen LogP contribution in [-0.2, 0) is 16.0 Å². The van der Waals surface area contributed by atoms with Gasteiger partial charge in [0.05, 0.1) is 11.6 Å². The Hall–Kier alpha value is -2.91. The molecule has 0 heterocycles. The molecule has 28 heavy (non-hydrogen) atoms. The second-order valence-electron chi connectivity index (χ2n) is 7.00. The average Bonchev–Trinajstić information content (AvgIpc) is 2.66. The molecular formula is C22H28N2O4. The van der Waals surface area contributed by atoms with Crippen LogP contribution in [0.15, 0.2) is 49.6 Å². The van der Waals surface area contributed by atoms with Gasteiger partial charge in [0.25, 0.3) is 0 Å². The molecule has 0 atom stereocenters. The molecule has 0 fully saturated rings. The zero-order chi connectivity index (χ0) is 21.2. The molecule has 6 nitrogen and oxygen atoms in total. The molecular weight excluding hydrogens is 356 g/mol. The number of rotatable bonds is 13. The van der Waals surface area contributed by atoms with Crippen LogP contribution in [0.4, 0.5) is 0 Å². The lowest BCUT2D eigenvalue weighted by Crippen LogP contribution is -2.67. The predicted octanol–water partition coefficient (Wildman–Crippen LogP) is 3.68. The van der Waals surface area contributed by atoms with E-state index in [4.69, 9.17) is 5.26 Å². The van der Waals surface area contributed by atoms with Gasteiger partial charge in [0.2, 0.25) is 5.54 Å². The van der Waals surface area contributed by atoms with Crippen molar-refractivity contribution in [1.29, 1.82) is 5.26 Å². The van der Waals surface area contributed by atoms with E-state index in [1.165, 1.54) is 6.07 Å². The minimum absolute atomic E-state index is 0.296. The van der Waals surface area contributed by atoms with Gasteiger partial charge in [-0.3, -0.25) is 5.32 Å². The summed E-state index contributed by atoms with van der Waals surface area (Å²) in [6, 6.07) is 8.32. The molecule has 0 aromatic heterocycles. The van der Waals surface area contributed by atoms with Crippen LogP contribution in [-0.4, -0.2) is 33.2 Å². The summed E-state index contributed by atoms with van der Waals surface area (Å²) < 4.78 is 0. The molecule has 150 valence electrons. The highest BCUT2D eigenvalue weighted by Crippen LogP contribution is 2.29. The number of hydrogen-bond donors (Lipinski definition) is 3. The lowest BCUT2D eigenvalue weighted by atomic mass is 9.80. The molecule has 0 aliphatic rings. The Morgan fingerprint density at radius 2 is 1.82 bits per heavy atom. The average molecular weight is 384 g/mol. The molecule has 0 saturated carbocycles. The van der Waals surface area contributed by atoms with Gasteiger partial charge in [-0.05, 0) is 37.0 Å². The summed E-state index contributed by atoms with van der Waals surface area (Å²) in [6.45, 7) is 9.53. The van der Waals surface area contributed by atoms with Crippen LogP contribution in [0.25, 0.3) is 0 Å². The first kappa shape index (κ1) is 23.1. The largest absolute Gasteiger partial charge is 0.479 e. The van der Waals surface area contributed by atoms with E-state index >= 15 is 0 Å². The number of unbranched alkanes of at least 4 members (excludes halogenated alkanes) is 1. The fourth-order valence-electron chi connectivity index (χ4n) is 3.42. The third-order valence-electron chi connectivity index (χ3n) is 4.81. The van der Waals surface area contributed by atoms with Crippen molar-refractivity contribution in [3.05, 3.63) is 60.7 Å². The number of carboxylic acid groups (broad SMARTS) is 2. The van der Waals surface area contributed by atoms with Gasteiger partial charge in [0, 0.05) is 12.0 Å². The molecule has 3 N–H and O–H groups in total. The van der Waals surface area contributed by atoms with Gasteiger partial charge in [-0.1, -0.05) is 44.1 Å². The van der Waals surface area contributed by atoms with Crippen molar-refractivity contribution >= 4 is 11.9 Å². The van der Waals surface area contributed by atoms with E-state index in [9.17, 15) is 19.8 Å². The minimum Gasteiger partial charge on any atom is -0.479 e. The Morgan fingerprint density at radius 1 is 1.21 bits per heavy atom. The minimum atomic E-state index is -2.24. The first-order valence-electron chi connectivity index (χ1n) is 9.26. The normalized spacial score (nSPS) is 11.4. The van der Waals surface area contributed by atoms with Gasteiger partial charge < -0.3 is 10.2 Å². The van der Waals surface area contributed by atoms with Gasteiger partial charge in [-0.2, -0.15) is 5.26 Å². The van der Waals surface area contributed by atoms with Crippen LogP contribution >= 0.6 is 0 Å². The Morgan fingerprint density at radius 3 is 2.29 bits per heavy atom. The van der Waals surface area contributed by atoms with Gasteiger partial charge in [-0.15, -0.1) is 13.2 Å². The topological polar surface area (TPSA) is 110 Å². The van der Waals surface area contributed by atoms with Crippen molar-refractivity contribution in [2.75, 3.05) is 0 Å². The van der Waals surface area contributed by atoms with Crippen molar-refractivity contribution in [1.82, 2.24) is 5.32 Å². The second-order valence-corrected chi connectivity index (χ2v) is 7.00. The smallest absolute Gasteiger partial charge is 0.336 e. The zero-order valence-corrected chi connectivity index (χ0v) is 16.3. The van der Waals surface area contributed by atoms with Crippen molar-refractivity contribution in [3.63, 3.8) is 0 Å². The molecule has 6 heteroatoms. The molecule has 0 saturated heterocycles. The van der Waals surface area contributed by atoms with Crippen molar-refractivity contribution in [2.24, 2.45) is 0 Å². The van der Waals surface area contributed by atoms with E-state index < -0.39 is 23.0 Å². The van der Waals surface area contributed by atoms with Crippen molar-refractivity contribution in [2.45, 2.75) is 56.5 Å². The maximum Gasteiger partial charge on any atom is 0.336 e. The summed E-state index contributed by atoms with van der Waals surface area (Å²) in [4.78, 5) is 24.4. The Labute approximate surface area is 166 Å². The number of nitrogens with zero attached hydrogens (tertiary/aromatic N) is 1. The maximum absolute atomic E-state index is 12.2. The quantitative estimate of drug-likeness (QED) is 0.353. The molecule has 0 aliphatic carbocycles. The lowest BCUT2D eigenvalue weighted by Gasteiger charge is -2.41. The number of hydrogen-bond acceptors (Lipinski definition) is 4. The Bertz CT molecular complexity index is 740. The summed E-state index contributed by atoms with van der Waals surface area (Å²) in [5.41, 5.74) is -2.23. The van der Waals surface area contributed by atoms with E-state index in [2.05, 4.69) is 18.5 Å². The fraction of sp³-hybridized carbons (Fsp3) is 0.409.